The van der Waals surface area contributed by atoms with Crippen molar-refractivity contribution < 1.29 is 29.1 Å². The van der Waals surface area contributed by atoms with E-state index >= 15 is 0 Å². The Balaban J connectivity index is 0.000000450. The minimum absolute atomic E-state index is 0.0785. The summed E-state index contributed by atoms with van der Waals surface area (Å²) < 4.78 is 13.0. The molecule has 0 heterocycles. The molecule has 8 nitrogen and oxygen atoms in total. The van der Waals surface area contributed by atoms with E-state index < -0.39 is 16.9 Å². The lowest BCUT2D eigenvalue weighted by molar-refractivity contribution is -0.385. The second-order valence-electron chi connectivity index (χ2n) is 4.81. The molecular weight excluding hydrogens is 335 g/mol. The smallest absolute Gasteiger partial charge is 0.414 e. The van der Waals surface area contributed by atoms with Gasteiger partial charge in [0.2, 0.25) is 0 Å². The third-order valence-corrected chi connectivity index (χ3v) is 3.03. The number of nitro benzene ring substituents is 1. The van der Waals surface area contributed by atoms with Crippen LogP contribution in [0.15, 0.2) is 42.5 Å². The Morgan fingerprint density at radius 3 is 2.28 bits per heavy atom. The van der Waals surface area contributed by atoms with E-state index in [1.165, 1.54) is 18.2 Å². The van der Waals surface area contributed by atoms with Crippen LogP contribution in [0.2, 0.25) is 0 Å². The first-order valence-corrected chi connectivity index (χ1v) is 6.91. The summed E-state index contributed by atoms with van der Waals surface area (Å²) in [5.41, 5.74) is 2.20. The predicted molar refractivity (Wildman–Crippen MR) is 86.8 cm³/mol. The number of nitrogens with zero attached hydrogens (tertiary/aromatic N) is 1. The van der Waals surface area contributed by atoms with E-state index in [2.05, 4.69) is 5.32 Å². The number of aliphatic carboxylic acids is 2. The van der Waals surface area contributed by atoms with Crippen molar-refractivity contribution in [1.82, 2.24) is 0 Å². The molecule has 2 aromatic rings. The number of nitrogens with one attached hydrogen (secondary N) is 1. The van der Waals surface area contributed by atoms with Crippen LogP contribution in [0.25, 0.3) is 0 Å². The molecule has 0 unspecified atom stereocenters. The molecule has 0 aliphatic rings. The molecule has 0 saturated heterocycles. The number of nitro groups is 1. The Bertz CT molecular complexity index is 782. The van der Waals surface area contributed by atoms with Crippen molar-refractivity contribution in [3.05, 3.63) is 69.5 Å². The van der Waals surface area contributed by atoms with E-state index in [0.717, 1.165) is 11.3 Å². The molecule has 132 valence electrons. The quantitative estimate of drug-likeness (QED) is 0.439. The summed E-state index contributed by atoms with van der Waals surface area (Å²) in [4.78, 5) is 28.7. The maximum absolute atomic E-state index is 13.0. The van der Waals surface area contributed by atoms with Crippen molar-refractivity contribution in [3.8, 4) is 0 Å². The maximum atomic E-state index is 13.0. The molecule has 2 rings (SSSR count). The van der Waals surface area contributed by atoms with Crippen LogP contribution in [0.4, 0.5) is 15.8 Å². The van der Waals surface area contributed by atoms with Gasteiger partial charge in [0.05, 0.1) is 4.92 Å². The lowest BCUT2D eigenvalue weighted by Crippen LogP contribution is -2.09. The van der Waals surface area contributed by atoms with Gasteiger partial charge in [-0.1, -0.05) is 18.2 Å². The van der Waals surface area contributed by atoms with Crippen LogP contribution in [0.5, 0.6) is 0 Å². The Labute approximate surface area is 141 Å². The van der Waals surface area contributed by atoms with E-state index in [-0.39, 0.29) is 11.5 Å². The molecule has 0 atom stereocenters. The molecule has 0 aromatic heterocycles. The molecule has 9 heteroatoms. The van der Waals surface area contributed by atoms with Crippen LogP contribution in [0.3, 0.4) is 0 Å². The van der Waals surface area contributed by atoms with Gasteiger partial charge >= 0.3 is 11.9 Å². The van der Waals surface area contributed by atoms with Crippen molar-refractivity contribution in [2.75, 3.05) is 5.32 Å². The third kappa shape index (κ3) is 6.26. The number of hydrogen-bond acceptors (Lipinski definition) is 5. The Morgan fingerprint density at radius 1 is 1.16 bits per heavy atom. The van der Waals surface area contributed by atoms with Gasteiger partial charge in [-0.15, -0.1) is 0 Å². The first-order chi connectivity index (χ1) is 11.7. The number of anilines is 1. The Kier molecular flexibility index (Phi) is 7.01. The second-order valence-corrected chi connectivity index (χ2v) is 4.81. The molecular formula is C16H15FN2O6. The van der Waals surface area contributed by atoms with Crippen LogP contribution in [0.1, 0.15) is 11.1 Å². The van der Waals surface area contributed by atoms with E-state index in [1.54, 1.807) is 31.2 Å². The summed E-state index contributed by atoms with van der Waals surface area (Å²) in [5, 5.41) is 28.7. The van der Waals surface area contributed by atoms with Crippen LogP contribution >= 0.6 is 0 Å². The molecule has 0 saturated carbocycles. The summed E-state index contributed by atoms with van der Waals surface area (Å²) in [6.07, 6.45) is 0. The number of rotatable bonds is 4. The number of benzene rings is 2. The van der Waals surface area contributed by atoms with Gasteiger partial charge in [-0.2, -0.15) is 0 Å². The normalized spacial score (nSPS) is 9.52. The number of carbonyl (C=O) groups is 2. The lowest BCUT2D eigenvalue weighted by Gasteiger charge is -2.09. The lowest BCUT2D eigenvalue weighted by atomic mass is 10.1. The molecule has 25 heavy (non-hydrogen) atoms. The van der Waals surface area contributed by atoms with Crippen LogP contribution in [-0.2, 0) is 16.1 Å². The van der Waals surface area contributed by atoms with Crippen molar-refractivity contribution in [2.24, 2.45) is 0 Å². The summed E-state index contributed by atoms with van der Waals surface area (Å²) in [6, 6.07) is 10.9. The summed E-state index contributed by atoms with van der Waals surface area (Å²) >= 11 is 0. The summed E-state index contributed by atoms with van der Waals surface area (Å²) in [6.45, 7) is 2.11. The SMILES string of the molecule is Cc1cc(F)ccc1NCc1ccccc1[N+](=O)[O-].O=C(O)C(=O)O. The molecule has 2 aromatic carbocycles. The van der Waals surface area contributed by atoms with Gasteiger partial charge in [0.25, 0.3) is 5.69 Å². The first-order valence-electron chi connectivity index (χ1n) is 6.91. The van der Waals surface area contributed by atoms with E-state index in [1.807, 2.05) is 0 Å². The molecule has 0 fully saturated rings. The average molecular weight is 350 g/mol. The fourth-order valence-electron chi connectivity index (χ4n) is 1.85. The molecule has 3 N–H and O–H groups in total. The molecule has 0 amide bonds. The van der Waals surface area contributed by atoms with Crippen LogP contribution in [-0.4, -0.2) is 27.1 Å². The standard InChI is InChI=1S/C14H13FN2O2.C2H2O4/c1-10-8-12(15)6-7-13(10)16-9-11-4-2-3-5-14(11)17(18)19;3-1(4)2(5)6/h2-8,16H,9H2,1H3;(H,3,4)(H,5,6). The van der Waals surface area contributed by atoms with Gasteiger partial charge in [-0.05, 0) is 30.7 Å². The monoisotopic (exact) mass is 350 g/mol. The highest BCUT2D eigenvalue weighted by atomic mass is 19.1. The molecule has 0 radical (unpaired) electrons. The highest BCUT2D eigenvalue weighted by molar-refractivity contribution is 6.27. The fourth-order valence-corrected chi connectivity index (χ4v) is 1.85. The number of aryl methyl sites for hydroxylation is 1. The number of carboxylic acids is 2. The van der Waals surface area contributed by atoms with Crippen molar-refractivity contribution >= 4 is 23.3 Å². The van der Waals surface area contributed by atoms with Crippen LogP contribution in [0, 0.1) is 22.9 Å². The zero-order chi connectivity index (χ0) is 19.0. The van der Waals surface area contributed by atoms with Gasteiger partial charge < -0.3 is 15.5 Å². The second kappa shape index (κ2) is 8.96. The zero-order valence-electron chi connectivity index (χ0n) is 13.1. The van der Waals surface area contributed by atoms with E-state index in [4.69, 9.17) is 19.8 Å². The number of carboxylic acid groups (broad SMARTS) is 2. The molecule has 0 aliphatic heterocycles. The third-order valence-electron chi connectivity index (χ3n) is 3.03. The number of halogens is 1. The Hall–Kier alpha value is -3.49. The zero-order valence-corrected chi connectivity index (χ0v) is 13.1. The van der Waals surface area contributed by atoms with Crippen molar-refractivity contribution in [1.29, 1.82) is 0 Å². The van der Waals surface area contributed by atoms with Gasteiger partial charge in [-0.3, -0.25) is 10.1 Å². The minimum Gasteiger partial charge on any atom is -0.473 e. The number of hydrogen-bond donors (Lipinski definition) is 3. The highest BCUT2D eigenvalue weighted by Crippen LogP contribution is 2.21. The van der Waals surface area contributed by atoms with Gasteiger partial charge in [0, 0.05) is 23.9 Å². The first kappa shape index (κ1) is 19.6. The maximum Gasteiger partial charge on any atom is 0.414 e. The molecule has 0 spiro atoms. The largest absolute Gasteiger partial charge is 0.473 e. The predicted octanol–water partition coefficient (Wildman–Crippen LogP) is 2.81. The van der Waals surface area contributed by atoms with Crippen LogP contribution < -0.4 is 5.32 Å². The van der Waals surface area contributed by atoms with E-state index in [0.29, 0.717) is 12.1 Å². The van der Waals surface area contributed by atoms with Gasteiger partial charge in [0.1, 0.15) is 5.82 Å². The Morgan fingerprint density at radius 2 is 1.76 bits per heavy atom. The average Bonchev–Trinajstić information content (AvgIpc) is 2.54. The minimum atomic E-state index is -1.82. The summed E-state index contributed by atoms with van der Waals surface area (Å²) in [5.74, 6) is -3.95. The summed E-state index contributed by atoms with van der Waals surface area (Å²) in [7, 11) is 0. The van der Waals surface area contributed by atoms with Crippen molar-refractivity contribution in [3.63, 3.8) is 0 Å². The molecule has 0 bridgehead atoms. The van der Waals surface area contributed by atoms with E-state index in [9.17, 15) is 14.5 Å². The van der Waals surface area contributed by atoms with Gasteiger partial charge in [-0.25, -0.2) is 14.0 Å². The topological polar surface area (TPSA) is 130 Å². The fraction of sp³-hybridized carbons (Fsp3) is 0.125. The van der Waals surface area contributed by atoms with Gasteiger partial charge in [0.15, 0.2) is 0 Å². The van der Waals surface area contributed by atoms with Crippen molar-refractivity contribution in [2.45, 2.75) is 13.5 Å². The number of para-hydroxylation sites is 1. The highest BCUT2D eigenvalue weighted by Gasteiger charge is 2.12. The molecule has 0 aliphatic carbocycles.